The van der Waals surface area contributed by atoms with E-state index in [1.54, 1.807) is 6.92 Å². The lowest BCUT2D eigenvalue weighted by Crippen LogP contribution is -2.22. The van der Waals surface area contributed by atoms with Gasteiger partial charge >= 0.3 is 0 Å². The quantitative estimate of drug-likeness (QED) is 0.886. The first-order valence-electron chi connectivity index (χ1n) is 6.20. The molecule has 0 radical (unpaired) electrons. The molecule has 2 N–H and O–H groups in total. The van der Waals surface area contributed by atoms with Gasteiger partial charge in [0.15, 0.2) is 6.10 Å². The number of aromatic amines is 1. The number of nitrogens with one attached hydrogen (secondary N) is 2. The molecular weight excluding hydrogens is 258 g/mol. The maximum Gasteiger partial charge on any atom is 0.276 e. The van der Waals surface area contributed by atoms with Crippen molar-refractivity contribution in [3.05, 3.63) is 41.7 Å². The van der Waals surface area contributed by atoms with Crippen molar-refractivity contribution < 1.29 is 9.63 Å². The maximum atomic E-state index is 12.0. The Labute approximate surface area is 115 Å². The van der Waals surface area contributed by atoms with Gasteiger partial charge in [-0.25, -0.2) is 0 Å². The van der Waals surface area contributed by atoms with Crippen molar-refractivity contribution in [1.82, 2.24) is 15.2 Å². The summed E-state index contributed by atoms with van der Waals surface area (Å²) in [6.45, 7) is 1.75. The van der Waals surface area contributed by atoms with Gasteiger partial charge in [0.05, 0.1) is 0 Å². The second-order valence-corrected chi connectivity index (χ2v) is 4.45. The first-order chi connectivity index (χ1) is 9.72. The van der Waals surface area contributed by atoms with Gasteiger partial charge in [0.1, 0.15) is 11.5 Å². The van der Waals surface area contributed by atoms with Gasteiger partial charge in [0.25, 0.3) is 5.91 Å². The molecule has 2 aromatic rings. The summed E-state index contributed by atoms with van der Waals surface area (Å²) in [6, 6.07) is 9.66. The van der Waals surface area contributed by atoms with Crippen molar-refractivity contribution >= 4 is 17.6 Å². The summed E-state index contributed by atoms with van der Waals surface area (Å²) < 4.78 is 0. The fourth-order valence-corrected chi connectivity index (χ4v) is 1.93. The molecule has 20 heavy (non-hydrogen) atoms. The average molecular weight is 271 g/mol. The third-order valence-corrected chi connectivity index (χ3v) is 2.92. The summed E-state index contributed by atoms with van der Waals surface area (Å²) in [5.41, 5.74) is 1.33. The van der Waals surface area contributed by atoms with Crippen LogP contribution in [0.4, 0.5) is 5.95 Å². The zero-order valence-corrected chi connectivity index (χ0v) is 10.8. The van der Waals surface area contributed by atoms with Gasteiger partial charge in [-0.3, -0.25) is 15.2 Å². The summed E-state index contributed by atoms with van der Waals surface area (Å²) in [5.74, 6) is 0.521. The molecule has 1 aromatic carbocycles. The van der Waals surface area contributed by atoms with Gasteiger partial charge < -0.3 is 4.84 Å². The topological polar surface area (TPSA) is 92.3 Å². The molecule has 1 aliphatic heterocycles. The van der Waals surface area contributed by atoms with Crippen LogP contribution in [-0.2, 0) is 9.63 Å². The molecule has 1 aromatic heterocycles. The van der Waals surface area contributed by atoms with Crippen LogP contribution < -0.4 is 5.32 Å². The monoisotopic (exact) mass is 271 g/mol. The number of hydrogen-bond donors (Lipinski definition) is 2. The van der Waals surface area contributed by atoms with Crippen molar-refractivity contribution in [3.8, 4) is 0 Å². The van der Waals surface area contributed by atoms with Crippen LogP contribution >= 0.6 is 0 Å². The molecule has 102 valence electrons. The number of amides is 1. The van der Waals surface area contributed by atoms with E-state index < -0.39 is 0 Å². The lowest BCUT2D eigenvalue weighted by Gasteiger charge is -2.07. The zero-order valence-electron chi connectivity index (χ0n) is 10.8. The molecule has 7 nitrogen and oxygen atoms in total. The van der Waals surface area contributed by atoms with Gasteiger partial charge in [-0.1, -0.05) is 35.5 Å². The second-order valence-electron chi connectivity index (χ2n) is 4.45. The number of hydrogen-bond acceptors (Lipinski definition) is 5. The molecule has 0 fully saturated rings. The number of anilines is 1. The molecule has 1 atom stereocenters. The maximum absolute atomic E-state index is 12.0. The molecule has 2 heterocycles. The number of H-pyrrole nitrogens is 1. The Kier molecular flexibility index (Phi) is 3.16. The van der Waals surface area contributed by atoms with E-state index in [1.165, 1.54) is 0 Å². The molecule has 1 amide bonds. The van der Waals surface area contributed by atoms with Gasteiger partial charge in [0.2, 0.25) is 5.95 Å². The summed E-state index contributed by atoms with van der Waals surface area (Å²) in [4.78, 5) is 21.3. The zero-order chi connectivity index (χ0) is 13.9. The second kappa shape index (κ2) is 5.12. The van der Waals surface area contributed by atoms with Crippen LogP contribution in [0, 0.1) is 6.92 Å². The molecule has 1 aliphatic rings. The predicted octanol–water partition coefficient (Wildman–Crippen LogP) is 1.57. The van der Waals surface area contributed by atoms with E-state index in [1.807, 2.05) is 30.3 Å². The Morgan fingerprint density at radius 2 is 2.20 bits per heavy atom. The number of nitrogens with zero attached hydrogens (tertiary/aromatic N) is 3. The first-order valence-corrected chi connectivity index (χ1v) is 6.20. The van der Waals surface area contributed by atoms with Gasteiger partial charge in [-0.2, -0.15) is 4.98 Å². The number of benzene rings is 1. The summed E-state index contributed by atoms with van der Waals surface area (Å²) in [7, 11) is 0. The van der Waals surface area contributed by atoms with Gasteiger partial charge in [0, 0.05) is 6.42 Å². The Balaban J connectivity index is 1.63. The number of rotatable bonds is 3. The van der Waals surface area contributed by atoms with Crippen LogP contribution in [0.3, 0.4) is 0 Å². The number of carbonyl (C=O) groups is 1. The largest absolute Gasteiger partial charge is 0.387 e. The SMILES string of the molecule is Cc1nc(NC(=O)C2=NOC(c3ccccc3)C2)n[nH]1. The lowest BCUT2D eigenvalue weighted by molar-refractivity contribution is -0.110. The van der Waals surface area contributed by atoms with E-state index in [9.17, 15) is 4.79 Å². The molecule has 0 saturated carbocycles. The third kappa shape index (κ3) is 2.51. The van der Waals surface area contributed by atoms with Crippen molar-refractivity contribution in [2.75, 3.05) is 5.32 Å². The molecule has 0 saturated heterocycles. The van der Waals surface area contributed by atoms with Crippen molar-refractivity contribution in [3.63, 3.8) is 0 Å². The number of aryl methyl sites for hydroxylation is 1. The standard InChI is InChI=1S/C13H13N5O2/c1-8-14-13(17-16-8)15-12(19)10-7-11(20-18-10)9-5-3-2-4-6-9/h2-6,11H,7H2,1H3,(H2,14,15,16,17,19). The molecule has 0 bridgehead atoms. The van der Waals surface area contributed by atoms with Crippen LogP contribution in [0.15, 0.2) is 35.5 Å². The van der Waals surface area contributed by atoms with E-state index in [-0.39, 0.29) is 18.0 Å². The van der Waals surface area contributed by atoms with Crippen molar-refractivity contribution in [1.29, 1.82) is 0 Å². The molecular formula is C13H13N5O2. The van der Waals surface area contributed by atoms with Gasteiger partial charge in [-0.05, 0) is 12.5 Å². The van der Waals surface area contributed by atoms with E-state index >= 15 is 0 Å². The van der Waals surface area contributed by atoms with E-state index in [2.05, 4.69) is 25.7 Å². The fraction of sp³-hybridized carbons (Fsp3) is 0.231. The molecule has 7 heteroatoms. The van der Waals surface area contributed by atoms with E-state index in [0.717, 1.165) is 5.56 Å². The van der Waals surface area contributed by atoms with Crippen LogP contribution in [0.2, 0.25) is 0 Å². The van der Waals surface area contributed by atoms with Crippen molar-refractivity contribution in [2.24, 2.45) is 5.16 Å². The summed E-state index contributed by atoms with van der Waals surface area (Å²) in [6.07, 6.45) is 0.213. The highest BCUT2D eigenvalue weighted by Crippen LogP contribution is 2.27. The van der Waals surface area contributed by atoms with E-state index in [4.69, 9.17) is 4.84 Å². The Hall–Kier alpha value is -2.70. The van der Waals surface area contributed by atoms with Crippen LogP contribution in [-0.4, -0.2) is 26.8 Å². The summed E-state index contributed by atoms with van der Waals surface area (Å²) in [5, 5.41) is 12.9. The minimum atomic E-state index is -0.345. The minimum absolute atomic E-state index is 0.217. The van der Waals surface area contributed by atoms with Crippen LogP contribution in [0.5, 0.6) is 0 Å². The number of aromatic nitrogens is 3. The molecule has 3 rings (SSSR count). The molecule has 1 unspecified atom stereocenters. The number of carbonyl (C=O) groups excluding carboxylic acids is 1. The minimum Gasteiger partial charge on any atom is -0.387 e. The molecule has 0 aliphatic carbocycles. The smallest absolute Gasteiger partial charge is 0.276 e. The highest BCUT2D eigenvalue weighted by Gasteiger charge is 2.27. The van der Waals surface area contributed by atoms with Gasteiger partial charge in [-0.15, -0.1) is 5.10 Å². The van der Waals surface area contributed by atoms with Crippen LogP contribution in [0.1, 0.15) is 23.9 Å². The first kappa shape index (κ1) is 12.3. The van der Waals surface area contributed by atoms with E-state index in [0.29, 0.717) is 18.0 Å². The van der Waals surface area contributed by atoms with Crippen molar-refractivity contribution in [2.45, 2.75) is 19.4 Å². The average Bonchev–Trinajstić information content (AvgIpc) is 3.09. The normalized spacial score (nSPS) is 17.4. The Morgan fingerprint density at radius 1 is 1.40 bits per heavy atom. The Bertz CT molecular complexity index is 650. The van der Waals surface area contributed by atoms with Crippen LogP contribution in [0.25, 0.3) is 0 Å². The Morgan fingerprint density at radius 3 is 2.90 bits per heavy atom. The number of oxime groups is 1. The molecule has 0 spiro atoms. The summed E-state index contributed by atoms with van der Waals surface area (Å²) >= 11 is 0. The fourth-order valence-electron chi connectivity index (χ4n) is 1.93. The highest BCUT2D eigenvalue weighted by atomic mass is 16.6. The predicted molar refractivity (Wildman–Crippen MR) is 72.1 cm³/mol. The third-order valence-electron chi connectivity index (χ3n) is 2.92. The lowest BCUT2D eigenvalue weighted by atomic mass is 10.0. The highest BCUT2D eigenvalue weighted by molar-refractivity contribution is 6.43.